The molecule has 0 atom stereocenters. The first-order chi connectivity index (χ1) is 10.7. The Balaban J connectivity index is 1.41. The lowest BCUT2D eigenvalue weighted by atomic mass is 9.96. The summed E-state index contributed by atoms with van der Waals surface area (Å²) < 4.78 is 3.97. The molecule has 1 aliphatic heterocycles. The van der Waals surface area contributed by atoms with Crippen molar-refractivity contribution in [2.45, 2.75) is 39.3 Å². The van der Waals surface area contributed by atoms with Gasteiger partial charge in [-0.15, -0.1) is 0 Å². The fourth-order valence-corrected chi connectivity index (χ4v) is 3.02. The minimum Gasteiger partial charge on any atom is -0.343 e. The third-order valence-electron chi connectivity index (χ3n) is 4.31. The van der Waals surface area contributed by atoms with E-state index in [-0.39, 0.29) is 5.91 Å². The number of hydrogen-bond acceptors (Lipinski definition) is 3. The first-order valence-corrected chi connectivity index (χ1v) is 7.93. The summed E-state index contributed by atoms with van der Waals surface area (Å²) in [7, 11) is 0. The van der Waals surface area contributed by atoms with Crippen molar-refractivity contribution in [2.24, 2.45) is 5.92 Å². The van der Waals surface area contributed by atoms with Crippen LogP contribution in [0.2, 0.25) is 0 Å². The molecule has 0 aliphatic carbocycles. The van der Waals surface area contributed by atoms with Crippen molar-refractivity contribution in [3.63, 3.8) is 0 Å². The highest BCUT2D eigenvalue weighted by Gasteiger charge is 2.22. The van der Waals surface area contributed by atoms with Gasteiger partial charge in [0.1, 0.15) is 0 Å². The van der Waals surface area contributed by atoms with E-state index in [0.717, 1.165) is 38.0 Å². The van der Waals surface area contributed by atoms with Crippen LogP contribution >= 0.6 is 0 Å². The van der Waals surface area contributed by atoms with E-state index in [1.54, 1.807) is 0 Å². The average Bonchev–Trinajstić information content (AvgIpc) is 3.17. The second-order valence-electron chi connectivity index (χ2n) is 6.11. The summed E-state index contributed by atoms with van der Waals surface area (Å²) in [6.45, 7) is 5.43. The second kappa shape index (κ2) is 6.77. The quantitative estimate of drug-likeness (QED) is 0.845. The molecule has 1 fully saturated rings. The lowest BCUT2D eigenvalue weighted by Gasteiger charge is -2.32. The van der Waals surface area contributed by atoms with Crippen molar-refractivity contribution in [1.29, 1.82) is 0 Å². The highest BCUT2D eigenvalue weighted by Crippen LogP contribution is 2.19. The van der Waals surface area contributed by atoms with Crippen LogP contribution in [0.5, 0.6) is 0 Å². The Morgan fingerprint density at radius 1 is 1.36 bits per heavy atom. The van der Waals surface area contributed by atoms with Gasteiger partial charge in [0.2, 0.25) is 5.91 Å². The molecular formula is C16H23N5O. The maximum atomic E-state index is 12.3. The summed E-state index contributed by atoms with van der Waals surface area (Å²) in [5.41, 5.74) is 1.13. The molecule has 6 nitrogen and oxygen atoms in total. The highest BCUT2D eigenvalue weighted by molar-refractivity contribution is 5.76. The smallest absolute Gasteiger partial charge is 0.224 e. The van der Waals surface area contributed by atoms with Crippen molar-refractivity contribution in [3.8, 4) is 0 Å². The predicted octanol–water partition coefficient (Wildman–Crippen LogP) is 1.72. The number of imidazole rings is 1. The van der Waals surface area contributed by atoms with Gasteiger partial charge in [0.15, 0.2) is 0 Å². The molecule has 1 amide bonds. The summed E-state index contributed by atoms with van der Waals surface area (Å²) in [6, 6.07) is 0. The molecular weight excluding hydrogens is 278 g/mol. The normalized spacial score (nSPS) is 16.1. The van der Waals surface area contributed by atoms with Crippen molar-refractivity contribution in [2.75, 3.05) is 13.1 Å². The van der Waals surface area contributed by atoms with Crippen LogP contribution in [0.25, 0.3) is 0 Å². The molecule has 0 aromatic carbocycles. The fourth-order valence-electron chi connectivity index (χ4n) is 3.02. The number of aryl methyl sites for hydroxylation is 2. The van der Waals surface area contributed by atoms with Crippen molar-refractivity contribution in [1.82, 2.24) is 24.2 Å². The average molecular weight is 301 g/mol. The third kappa shape index (κ3) is 3.75. The van der Waals surface area contributed by atoms with E-state index < -0.39 is 0 Å². The van der Waals surface area contributed by atoms with Crippen LogP contribution in [0.3, 0.4) is 0 Å². The van der Waals surface area contributed by atoms with E-state index in [9.17, 15) is 4.79 Å². The third-order valence-corrected chi connectivity index (χ3v) is 4.31. The summed E-state index contributed by atoms with van der Waals surface area (Å²) in [5, 5.41) is 4.22. The lowest BCUT2D eigenvalue weighted by Crippen LogP contribution is -2.39. The SMILES string of the molecule is Cc1cnn(CCC(=O)N2CCC(Cn3ccnc3)CC2)c1. The molecule has 0 unspecified atom stereocenters. The Bertz CT molecular complexity index is 596. The second-order valence-corrected chi connectivity index (χ2v) is 6.11. The number of amides is 1. The van der Waals surface area contributed by atoms with E-state index >= 15 is 0 Å². The van der Waals surface area contributed by atoms with Crippen molar-refractivity contribution >= 4 is 5.91 Å². The van der Waals surface area contributed by atoms with Gasteiger partial charge < -0.3 is 9.47 Å². The number of likely N-dealkylation sites (tertiary alicyclic amines) is 1. The standard InChI is InChI=1S/C16H23N5O/c1-14-10-18-21(11-14)8-4-16(22)20-6-2-15(3-7-20)12-19-9-5-17-13-19/h5,9-11,13,15H,2-4,6-8,12H2,1H3. The van der Waals surface area contributed by atoms with E-state index in [1.165, 1.54) is 0 Å². The lowest BCUT2D eigenvalue weighted by molar-refractivity contribution is -0.132. The van der Waals surface area contributed by atoms with Crippen LogP contribution < -0.4 is 0 Å². The molecule has 6 heteroatoms. The van der Waals surface area contributed by atoms with Crippen molar-refractivity contribution in [3.05, 3.63) is 36.7 Å². The summed E-state index contributed by atoms with van der Waals surface area (Å²) in [4.78, 5) is 18.3. The van der Waals surface area contributed by atoms with Crippen LogP contribution in [0.15, 0.2) is 31.1 Å². The Hall–Kier alpha value is -2.11. The fraction of sp³-hybridized carbons (Fsp3) is 0.562. The molecule has 0 radical (unpaired) electrons. The minimum absolute atomic E-state index is 0.245. The van der Waals surface area contributed by atoms with Crippen molar-refractivity contribution < 1.29 is 4.79 Å². The highest BCUT2D eigenvalue weighted by atomic mass is 16.2. The molecule has 118 valence electrons. The number of rotatable bonds is 5. The number of aromatic nitrogens is 4. The van der Waals surface area contributed by atoms with Gasteiger partial charge in [-0.1, -0.05) is 0 Å². The zero-order chi connectivity index (χ0) is 15.4. The number of carbonyl (C=O) groups excluding carboxylic acids is 1. The molecule has 3 heterocycles. The van der Waals surface area contributed by atoms with Gasteiger partial charge in [-0.2, -0.15) is 5.10 Å². The van der Waals surface area contributed by atoms with E-state index in [4.69, 9.17) is 0 Å². The summed E-state index contributed by atoms with van der Waals surface area (Å²) >= 11 is 0. The predicted molar refractivity (Wildman–Crippen MR) is 83.1 cm³/mol. The molecule has 0 N–H and O–H groups in total. The van der Waals surface area contributed by atoms with Gasteiger partial charge in [-0.25, -0.2) is 4.98 Å². The van der Waals surface area contributed by atoms with Gasteiger partial charge in [0.25, 0.3) is 0 Å². The maximum absolute atomic E-state index is 12.3. The van der Waals surface area contributed by atoms with Crippen LogP contribution in [0, 0.1) is 12.8 Å². The largest absolute Gasteiger partial charge is 0.343 e. The van der Waals surface area contributed by atoms with Gasteiger partial charge in [0, 0.05) is 51.2 Å². The first kappa shape index (κ1) is 14.8. The summed E-state index contributed by atoms with van der Waals surface area (Å²) in [5.74, 6) is 0.890. The van der Waals surface area contributed by atoms with Crippen LogP contribution in [0.1, 0.15) is 24.8 Å². The van der Waals surface area contributed by atoms with Gasteiger partial charge in [-0.3, -0.25) is 9.48 Å². The van der Waals surface area contributed by atoms with Gasteiger partial charge in [-0.05, 0) is 31.2 Å². The van der Waals surface area contributed by atoms with E-state index in [2.05, 4.69) is 14.6 Å². The zero-order valence-corrected chi connectivity index (χ0v) is 13.1. The minimum atomic E-state index is 0.245. The monoisotopic (exact) mass is 301 g/mol. The van der Waals surface area contributed by atoms with Gasteiger partial charge in [0.05, 0.1) is 12.5 Å². The molecule has 22 heavy (non-hydrogen) atoms. The molecule has 1 saturated heterocycles. The van der Waals surface area contributed by atoms with E-state index in [1.807, 2.05) is 47.6 Å². The Labute approximate surface area is 130 Å². The molecule has 2 aromatic heterocycles. The number of hydrogen-bond donors (Lipinski definition) is 0. The van der Waals surface area contributed by atoms with Crippen LogP contribution in [-0.2, 0) is 17.9 Å². The first-order valence-electron chi connectivity index (χ1n) is 7.93. The molecule has 0 bridgehead atoms. The van der Waals surface area contributed by atoms with E-state index in [0.29, 0.717) is 18.9 Å². The molecule has 3 rings (SSSR count). The zero-order valence-electron chi connectivity index (χ0n) is 13.1. The van der Waals surface area contributed by atoms with Crippen LogP contribution in [-0.4, -0.2) is 43.2 Å². The number of nitrogens with zero attached hydrogens (tertiary/aromatic N) is 5. The van der Waals surface area contributed by atoms with Crippen LogP contribution in [0.4, 0.5) is 0 Å². The molecule has 1 aliphatic rings. The molecule has 2 aromatic rings. The molecule has 0 spiro atoms. The summed E-state index contributed by atoms with van der Waals surface area (Å²) in [6.07, 6.45) is 12.2. The number of piperidine rings is 1. The Kier molecular flexibility index (Phi) is 4.56. The Morgan fingerprint density at radius 3 is 2.82 bits per heavy atom. The number of carbonyl (C=O) groups is 1. The Morgan fingerprint density at radius 2 is 2.18 bits per heavy atom. The maximum Gasteiger partial charge on any atom is 0.224 e. The van der Waals surface area contributed by atoms with Gasteiger partial charge >= 0.3 is 0 Å². The topological polar surface area (TPSA) is 56.0 Å². The molecule has 0 saturated carbocycles.